The predicted molar refractivity (Wildman–Crippen MR) is 111 cm³/mol. The molecule has 0 amide bonds. The Morgan fingerprint density at radius 2 is 1.83 bits per heavy atom. The predicted octanol–water partition coefficient (Wildman–Crippen LogP) is 1.26. The van der Waals surface area contributed by atoms with Gasteiger partial charge in [0, 0.05) is 24.3 Å². The molecule has 0 bridgehead atoms. The van der Waals surface area contributed by atoms with Crippen LogP contribution in [0.1, 0.15) is 42.1 Å². The molecule has 2 aromatic rings. The van der Waals surface area contributed by atoms with E-state index >= 15 is 0 Å². The van der Waals surface area contributed by atoms with Crippen LogP contribution in [0.4, 0.5) is 0 Å². The van der Waals surface area contributed by atoms with E-state index in [4.69, 9.17) is 18.9 Å². The lowest BCUT2D eigenvalue weighted by atomic mass is 9.80. The first-order chi connectivity index (χ1) is 14.0. The molecule has 2 aromatic carbocycles. The van der Waals surface area contributed by atoms with Crippen LogP contribution in [-0.4, -0.2) is 38.6 Å². The number of halogens is 1. The Morgan fingerprint density at radius 1 is 1.07 bits per heavy atom. The van der Waals surface area contributed by atoms with Gasteiger partial charge in [0.05, 0.1) is 32.9 Å². The van der Waals surface area contributed by atoms with Crippen LogP contribution in [0.15, 0.2) is 24.3 Å². The molecule has 0 saturated heterocycles. The summed E-state index contributed by atoms with van der Waals surface area (Å²) in [6, 6.07) is 9.16. The van der Waals surface area contributed by atoms with Crippen molar-refractivity contribution in [2.75, 3.05) is 34.1 Å². The molecule has 0 N–H and O–H groups in total. The van der Waals surface area contributed by atoms with Gasteiger partial charge >= 0.3 is 0 Å². The second-order valence-corrected chi connectivity index (χ2v) is 8.99. The van der Waals surface area contributed by atoms with Gasteiger partial charge in [0.25, 0.3) is 0 Å². The molecule has 0 spiro atoms. The van der Waals surface area contributed by atoms with Gasteiger partial charge in [-0.2, -0.15) is 0 Å². The Morgan fingerprint density at radius 3 is 2.53 bits per heavy atom. The minimum absolute atomic E-state index is 0. The van der Waals surface area contributed by atoms with Crippen molar-refractivity contribution in [1.29, 1.82) is 0 Å². The Kier molecular flexibility index (Phi) is 5.66. The molecule has 0 radical (unpaired) electrons. The summed E-state index contributed by atoms with van der Waals surface area (Å²) in [5, 5.41) is 0. The van der Waals surface area contributed by atoms with Crippen molar-refractivity contribution in [3.05, 3.63) is 46.5 Å². The summed E-state index contributed by atoms with van der Waals surface area (Å²) >= 11 is 0. The highest BCUT2D eigenvalue weighted by molar-refractivity contribution is 5.54. The molecule has 0 aromatic heterocycles. The highest BCUT2D eigenvalue weighted by Gasteiger charge is 2.47. The Labute approximate surface area is 189 Å². The fourth-order valence-corrected chi connectivity index (χ4v) is 5.74. The first kappa shape index (κ1) is 21.3. The van der Waals surface area contributed by atoms with Crippen molar-refractivity contribution < 1.29 is 40.4 Å². The van der Waals surface area contributed by atoms with Crippen molar-refractivity contribution in [2.45, 2.75) is 39.3 Å². The van der Waals surface area contributed by atoms with E-state index in [2.05, 4.69) is 32.0 Å². The number of ether oxygens (including phenoxy) is 4. The van der Waals surface area contributed by atoms with Gasteiger partial charge < -0.3 is 40.4 Å². The number of benzene rings is 2. The third kappa shape index (κ3) is 3.25. The lowest BCUT2D eigenvalue weighted by molar-refractivity contribution is -0.976. The van der Waals surface area contributed by atoms with Crippen LogP contribution in [0, 0.1) is 5.92 Å². The molecule has 0 aliphatic carbocycles. The van der Waals surface area contributed by atoms with E-state index in [9.17, 15) is 0 Å². The van der Waals surface area contributed by atoms with Crippen LogP contribution in [0.25, 0.3) is 0 Å². The number of hydrogen-bond acceptors (Lipinski definition) is 4. The number of methoxy groups -OCH3 is 2. The summed E-state index contributed by atoms with van der Waals surface area (Å²) in [6.07, 6.45) is 2.08. The number of rotatable bonds is 4. The third-order valence-electron chi connectivity index (χ3n) is 6.84. The van der Waals surface area contributed by atoms with Crippen molar-refractivity contribution in [2.24, 2.45) is 5.92 Å². The van der Waals surface area contributed by atoms with Crippen LogP contribution < -0.4 is 35.9 Å². The number of quaternary nitrogens is 1. The number of nitrogens with zero attached hydrogens (tertiary/aromatic N) is 1. The highest BCUT2D eigenvalue weighted by Crippen LogP contribution is 2.50. The zero-order valence-electron chi connectivity index (χ0n) is 18.2. The monoisotopic (exact) mass is 475 g/mol. The molecular formula is C24H30BrNO4. The first-order valence-corrected chi connectivity index (χ1v) is 10.6. The summed E-state index contributed by atoms with van der Waals surface area (Å²) in [5.41, 5.74) is 5.53. The molecule has 3 heterocycles. The normalized spacial score (nSPS) is 23.2. The topological polar surface area (TPSA) is 36.9 Å². The van der Waals surface area contributed by atoms with E-state index in [1.165, 1.54) is 22.3 Å². The van der Waals surface area contributed by atoms with Gasteiger partial charge in [0.15, 0.2) is 23.0 Å². The maximum Gasteiger partial charge on any atom is 0.231 e. The molecule has 6 heteroatoms. The quantitative estimate of drug-likeness (QED) is 0.623. The van der Waals surface area contributed by atoms with E-state index in [1.54, 1.807) is 14.2 Å². The fourth-order valence-electron chi connectivity index (χ4n) is 5.74. The van der Waals surface area contributed by atoms with Crippen LogP contribution in [-0.2, 0) is 19.4 Å². The van der Waals surface area contributed by atoms with Crippen molar-refractivity contribution in [3.8, 4) is 23.0 Å². The van der Waals surface area contributed by atoms with Crippen LogP contribution in [0.2, 0.25) is 0 Å². The van der Waals surface area contributed by atoms with E-state index in [1.807, 2.05) is 6.07 Å². The first-order valence-electron chi connectivity index (χ1n) is 10.6. The standard InChI is InChI=1S/C24H30NO4.BrH/c1-15(2)12-25-8-7-17-10-22-23(29-14-28-22)11-18(17)20(25)9-16-5-6-21(26-3)24(27-4)19(16)13-25;/h5-6,10-11,15,20H,7-9,12-14H2,1-4H3;1H/q+1;/p-1. The van der Waals surface area contributed by atoms with E-state index < -0.39 is 0 Å². The van der Waals surface area contributed by atoms with Gasteiger partial charge in [-0.15, -0.1) is 0 Å². The van der Waals surface area contributed by atoms with Crippen molar-refractivity contribution in [1.82, 2.24) is 0 Å². The molecule has 162 valence electrons. The molecule has 30 heavy (non-hydrogen) atoms. The lowest BCUT2D eigenvalue weighted by Gasteiger charge is -2.52. The SMILES string of the molecule is COc1ccc2c(c1OC)C[N+]1(CC(C)C)CCc3cc4c(cc3C1C2)OCO4.[Br-]. The van der Waals surface area contributed by atoms with Crippen LogP contribution >= 0.6 is 0 Å². The Balaban J connectivity index is 0.00000218. The highest BCUT2D eigenvalue weighted by atomic mass is 79.9. The Bertz CT molecular complexity index is 961. The smallest absolute Gasteiger partial charge is 0.231 e. The van der Waals surface area contributed by atoms with E-state index in [-0.39, 0.29) is 17.0 Å². The van der Waals surface area contributed by atoms with Crippen LogP contribution in [0.5, 0.6) is 23.0 Å². The second-order valence-electron chi connectivity index (χ2n) is 8.99. The maximum atomic E-state index is 5.82. The van der Waals surface area contributed by atoms with Gasteiger partial charge in [0.2, 0.25) is 6.79 Å². The summed E-state index contributed by atoms with van der Waals surface area (Å²) in [6.45, 7) is 8.25. The summed E-state index contributed by atoms with van der Waals surface area (Å²) in [5.74, 6) is 4.14. The van der Waals surface area contributed by atoms with Gasteiger partial charge in [-0.25, -0.2) is 0 Å². The second kappa shape index (κ2) is 7.97. The zero-order valence-corrected chi connectivity index (χ0v) is 19.8. The average Bonchev–Trinajstić information content (AvgIpc) is 3.17. The molecule has 5 rings (SSSR count). The largest absolute Gasteiger partial charge is 1.00 e. The molecule has 0 fully saturated rings. The summed E-state index contributed by atoms with van der Waals surface area (Å²) in [4.78, 5) is 0. The number of fused-ring (bicyclic) bond motifs is 5. The molecule has 3 aliphatic heterocycles. The maximum absolute atomic E-state index is 5.82. The molecule has 2 unspecified atom stereocenters. The molecule has 5 nitrogen and oxygen atoms in total. The van der Waals surface area contributed by atoms with Crippen molar-refractivity contribution in [3.63, 3.8) is 0 Å². The Hall–Kier alpha value is -1.92. The van der Waals surface area contributed by atoms with Gasteiger partial charge in [-0.05, 0) is 29.3 Å². The molecule has 2 atom stereocenters. The van der Waals surface area contributed by atoms with Gasteiger partial charge in [0.1, 0.15) is 12.6 Å². The van der Waals surface area contributed by atoms with Crippen molar-refractivity contribution >= 4 is 0 Å². The van der Waals surface area contributed by atoms with Crippen LogP contribution in [0.3, 0.4) is 0 Å². The zero-order chi connectivity index (χ0) is 20.2. The minimum Gasteiger partial charge on any atom is -1.00 e. The van der Waals surface area contributed by atoms with Gasteiger partial charge in [-0.3, -0.25) is 0 Å². The molecule has 3 aliphatic rings. The summed E-state index contributed by atoms with van der Waals surface area (Å²) in [7, 11) is 3.47. The summed E-state index contributed by atoms with van der Waals surface area (Å²) < 4.78 is 23.9. The number of hydrogen-bond donors (Lipinski definition) is 0. The average molecular weight is 476 g/mol. The third-order valence-corrected chi connectivity index (χ3v) is 6.84. The molecule has 0 saturated carbocycles. The fraction of sp³-hybridized carbons (Fsp3) is 0.500. The minimum atomic E-state index is 0. The van der Waals surface area contributed by atoms with Gasteiger partial charge in [-0.1, -0.05) is 19.9 Å². The lowest BCUT2D eigenvalue weighted by Crippen LogP contribution is -3.00. The van der Waals surface area contributed by atoms with E-state index in [0.29, 0.717) is 18.8 Å². The van der Waals surface area contributed by atoms with E-state index in [0.717, 1.165) is 60.0 Å². The molecular weight excluding hydrogens is 446 g/mol.